The van der Waals surface area contributed by atoms with Crippen LogP contribution in [-0.2, 0) is 4.75 Å². The van der Waals surface area contributed by atoms with Crippen LogP contribution in [0.1, 0.15) is 22.3 Å². The normalized spacial score (nSPS) is 11.4. The SMILES string of the molecule is Cc1cccc(C(SCCN)(c2ccccc2)c2ccccc2)c1. The molecule has 0 saturated carbocycles. The summed E-state index contributed by atoms with van der Waals surface area (Å²) in [4.78, 5) is 0. The Bertz CT molecular complexity index is 729. The predicted molar refractivity (Wildman–Crippen MR) is 105 cm³/mol. The van der Waals surface area contributed by atoms with Gasteiger partial charge in [-0.05, 0) is 23.6 Å². The third kappa shape index (κ3) is 3.26. The van der Waals surface area contributed by atoms with Gasteiger partial charge in [0.1, 0.15) is 0 Å². The average Bonchev–Trinajstić information content (AvgIpc) is 2.64. The molecule has 0 aliphatic heterocycles. The molecule has 3 aromatic rings. The van der Waals surface area contributed by atoms with Crippen LogP contribution in [-0.4, -0.2) is 12.3 Å². The lowest BCUT2D eigenvalue weighted by molar-refractivity contribution is 0.890. The standard InChI is InChI=1S/C22H23NS/c1-18-9-8-14-21(17-18)22(24-16-15-23,19-10-4-2-5-11-19)20-12-6-3-7-13-20/h2-14,17H,15-16,23H2,1H3. The van der Waals surface area contributed by atoms with Gasteiger partial charge in [-0.1, -0.05) is 90.5 Å². The van der Waals surface area contributed by atoms with E-state index in [2.05, 4.69) is 91.9 Å². The van der Waals surface area contributed by atoms with Crippen molar-refractivity contribution in [1.82, 2.24) is 0 Å². The van der Waals surface area contributed by atoms with Crippen LogP contribution >= 0.6 is 11.8 Å². The highest BCUT2D eigenvalue weighted by atomic mass is 32.2. The van der Waals surface area contributed by atoms with Crippen LogP contribution in [0.25, 0.3) is 0 Å². The summed E-state index contributed by atoms with van der Waals surface area (Å²) in [6.07, 6.45) is 0. The molecule has 0 spiro atoms. The van der Waals surface area contributed by atoms with Crippen LogP contribution in [0, 0.1) is 6.92 Å². The third-order valence-corrected chi connectivity index (χ3v) is 5.80. The van der Waals surface area contributed by atoms with Crippen molar-refractivity contribution >= 4 is 11.8 Å². The summed E-state index contributed by atoms with van der Waals surface area (Å²) >= 11 is 1.91. The Labute approximate surface area is 148 Å². The first-order valence-corrected chi connectivity index (χ1v) is 9.28. The molecule has 0 fully saturated rings. The summed E-state index contributed by atoms with van der Waals surface area (Å²) in [5.74, 6) is 0.901. The van der Waals surface area contributed by atoms with E-state index in [9.17, 15) is 0 Å². The van der Waals surface area contributed by atoms with Crippen molar-refractivity contribution in [2.45, 2.75) is 11.7 Å². The largest absolute Gasteiger partial charge is 0.330 e. The van der Waals surface area contributed by atoms with E-state index < -0.39 is 0 Å². The van der Waals surface area contributed by atoms with Gasteiger partial charge in [0.2, 0.25) is 0 Å². The fraction of sp³-hybridized carbons (Fsp3) is 0.182. The summed E-state index contributed by atoms with van der Waals surface area (Å²) in [6, 6.07) is 30.3. The van der Waals surface area contributed by atoms with E-state index in [0.717, 1.165) is 5.75 Å². The van der Waals surface area contributed by atoms with Gasteiger partial charge < -0.3 is 5.73 Å². The molecular formula is C22H23NS. The minimum atomic E-state index is -0.242. The van der Waals surface area contributed by atoms with E-state index in [0.29, 0.717) is 6.54 Å². The maximum atomic E-state index is 5.88. The molecular weight excluding hydrogens is 310 g/mol. The molecule has 2 heteroatoms. The number of hydrogen-bond acceptors (Lipinski definition) is 2. The van der Waals surface area contributed by atoms with Gasteiger partial charge in [-0.25, -0.2) is 0 Å². The van der Waals surface area contributed by atoms with Crippen molar-refractivity contribution in [2.24, 2.45) is 5.73 Å². The second-order valence-corrected chi connectivity index (χ2v) is 7.23. The van der Waals surface area contributed by atoms with Crippen LogP contribution in [0.3, 0.4) is 0 Å². The van der Waals surface area contributed by atoms with Gasteiger partial charge in [-0.3, -0.25) is 0 Å². The second-order valence-electron chi connectivity index (χ2n) is 5.92. The molecule has 3 aromatic carbocycles. The minimum absolute atomic E-state index is 0.242. The first kappa shape index (κ1) is 16.8. The van der Waals surface area contributed by atoms with E-state index in [-0.39, 0.29) is 4.75 Å². The lowest BCUT2D eigenvalue weighted by Crippen LogP contribution is -2.27. The Morgan fingerprint density at radius 1 is 0.750 bits per heavy atom. The summed E-state index contributed by atoms with van der Waals surface area (Å²) in [5.41, 5.74) is 11.0. The fourth-order valence-electron chi connectivity index (χ4n) is 3.17. The van der Waals surface area contributed by atoms with E-state index in [1.165, 1.54) is 22.3 Å². The number of thioether (sulfide) groups is 1. The Kier molecular flexibility index (Phi) is 5.39. The first-order valence-electron chi connectivity index (χ1n) is 8.29. The van der Waals surface area contributed by atoms with Gasteiger partial charge in [0.15, 0.2) is 0 Å². The molecule has 0 atom stereocenters. The maximum absolute atomic E-state index is 5.88. The first-order chi connectivity index (χ1) is 11.8. The van der Waals surface area contributed by atoms with Gasteiger partial charge in [0.25, 0.3) is 0 Å². The van der Waals surface area contributed by atoms with Gasteiger partial charge in [-0.15, -0.1) is 11.8 Å². The van der Waals surface area contributed by atoms with E-state index in [1.807, 2.05) is 11.8 Å². The maximum Gasteiger partial charge on any atom is 0.0907 e. The van der Waals surface area contributed by atoms with Crippen LogP contribution in [0.2, 0.25) is 0 Å². The summed E-state index contributed by atoms with van der Waals surface area (Å²) in [5, 5.41) is 0. The molecule has 0 aromatic heterocycles. The molecule has 2 N–H and O–H groups in total. The van der Waals surface area contributed by atoms with Crippen LogP contribution < -0.4 is 5.73 Å². The van der Waals surface area contributed by atoms with Crippen molar-refractivity contribution < 1.29 is 0 Å². The van der Waals surface area contributed by atoms with E-state index >= 15 is 0 Å². The number of benzene rings is 3. The number of aryl methyl sites for hydroxylation is 1. The van der Waals surface area contributed by atoms with Crippen molar-refractivity contribution in [1.29, 1.82) is 0 Å². The summed E-state index contributed by atoms with van der Waals surface area (Å²) in [6.45, 7) is 2.82. The molecule has 3 rings (SSSR count). The van der Waals surface area contributed by atoms with Gasteiger partial charge in [-0.2, -0.15) is 0 Å². The molecule has 1 nitrogen and oxygen atoms in total. The average molecular weight is 334 g/mol. The zero-order valence-corrected chi connectivity index (χ0v) is 14.8. The molecule has 0 saturated heterocycles. The van der Waals surface area contributed by atoms with Gasteiger partial charge in [0, 0.05) is 12.3 Å². The summed E-state index contributed by atoms with van der Waals surface area (Å²) < 4.78 is -0.242. The lowest BCUT2D eigenvalue weighted by Gasteiger charge is -2.35. The quantitative estimate of drug-likeness (QED) is 0.644. The minimum Gasteiger partial charge on any atom is -0.330 e. The smallest absolute Gasteiger partial charge is 0.0907 e. The number of hydrogen-bond donors (Lipinski definition) is 1. The molecule has 0 heterocycles. The zero-order valence-electron chi connectivity index (χ0n) is 14.0. The topological polar surface area (TPSA) is 26.0 Å². The Balaban J connectivity index is 2.28. The van der Waals surface area contributed by atoms with E-state index in [4.69, 9.17) is 5.73 Å². The van der Waals surface area contributed by atoms with Crippen molar-refractivity contribution in [3.8, 4) is 0 Å². The van der Waals surface area contributed by atoms with Crippen LogP contribution in [0.5, 0.6) is 0 Å². The Morgan fingerprint density at radius 3 is 1.79 bits per heavy atom. The molecule has 122 valence electrons. The Hall–Kier alpha value is -2.03. The zero-order chi connectivity index (χ0) is 16.8. The molecule has 24 heavy (non-hydrogen) atoms. The van der Waals surface area contributed by atoms with Crippen molar-refractivity contribution in [2.75, 3.05) is 12.3 Å². The molecule has 0 radical (unpaired) electrons. The molecule has 0 aliphatic rings. The van der Waals surface area contributed by atoms with Gasteiger partial charge >= 0.3 is 0 Å². The van der Waals surface area contributed by atoms with Crippen LogP contribution in [0.4, 0.5) is 0 Å². The number of nitrogens with two attached hydrogens (primary N) is 1. The number of rotatable bonds is 6. The van der Waals surface area contributed by atoms with Crippen molar-refractivity contribution in [3.63, 3.8) is 0 Å². The van der Waals surface area contributed by atoms with Crippen LogP contribution in [0.15, 0.2) is 84.9 Å². The summed E-state index contributed by atoms with van der Waals surface area (Å²) in [7, 11) is 0. The Morgan fingerprint density at radius 2 is 1.29 bits per heavy atom. The third-order valence-electron chi connectivity index (χ3n) is 4.22. The highest BCUT2D eigenvalue weighted by molar-refractivity contribution is 8.00. The highest BCUT2D eigenvalue weighted by Gasteiger charge is 2.36. The predicted octanol–water partition coefficient (Wildman–Crippen LogP) is 4.98. The molecule has 0 aliphatic carbocycles. The van der Waals surface area contributed by atoms with Gasteiger partial charge in [0.05, 0.1) is 4.75 Å². The molecule has 0 unspecified atom stereocenters. The fourth-order valence-corrected chi connectivity index (χ4v) is 4.49. The molecule has 0 amide bonds. The highest BCUT2D eigenvalue weighted by Crippen LogP contribution is 2.48. The lowest BCUT2D eigenvalue weighted by atomic mass is 9.83. The van der Waals surface area contributed by atoms with Crippen molar-refractivity contribution in [3.05, 3.63) is 107 Å². The monoisotopic (exact) mass is 333 g/mol. The second kappa shape index (κ2) is 7.69. The van der Waals surface area contributed by atoms with E-state index in [1.54, 1.807) is 0 Å². The molecule has 0 bridgehead atoms.